The Morgan fingerprint density at radius 1 is 1.45 bits per heavy atom. The van der Waals surface area contributed by atoms with Crippen LogP contribution in [0.5, 0.6) is 5.75 Å². The molecule has 1 N–H and O–H groups in total. The Balaban J connectivity index is 1.91. The highest BCUT2D eigenvalue weighted by molar-refractivity contribution is 5.77. The van der Waals surface area contributed by atoms with Crippen molar-refractivity contribution < 1.29 is 9.53 Å². The van der Waals surface area contributed by atoms with E-state index in [1.165, 1.54) is 0 Å². The number of carbonyl (C=O) groups excluding carboxylic acids is 1. The zero-order valence-electron chi connectivity index (χ0n) is 12.8. The minimum Gasteiger partial charge on any atom is -0.480 e. The average molecular weight is 280 g/mol. The fourth-order valence-electron chi connectivity index (χ4n) is 2.60. The molecule has 6 nitrogen and oxygen atoms in total. The first kappa shape index (κ1) is 14.8. The molecule has 20 heavy (non-hydrogen) atoms. The molecular weight excluding hydrogens is 256 g/mol. The molecule has 0 unspecified atom stereocenters. The van der Waals surface area contributed by atoms with Crippen molar-refractivity contribution in [3.05, 3.63) is 11.4 Å². The van der Waals surface area contributed by atoms with E-state index in [4.69, 9.17) is 4.74 Å². The van der Waals surface area contributed by atoms with Gasteiger partial charge in [-0.1, -0.05) is 0 Å². The van der Waals surface area contributed by atoms with Gasteiger partial charge in [0.1, 0.15) is 5.69 Å². The Bertz CT molecular complexity index is 478. The van der Waals surface area contributed by atoms with Gasteiger partial charge in [0.05, 0.1) is 5.69 Å². The van der Waals surface area contributed by atoms with Gasteiger partial charge in [-0.25, -0.2) is 0 Å². The van der Waals surface area contributed by atoms with E-state index in [0.29, 0.717) is 6.04 Å². The van der Waals surface area contributed by atoms with Gasteiger partial charge in [0.15, 0.2) is 12.4 Å². The third-order valence-electron chi connectivity index (χ3n) is 4.03. The predicted molar refractivity (Wildman–Crippen MR) is 76.8 cm³/mol. The first-order valence-corrected chi connectivity index (χ1v) is 7.10. The van der Waals surface area contributed by atoms with E-state index in [1.54, 1.807) is 4.68 Å². The summed E-state index contributed by atoms with van der Waals surface area (Å²) in [6.07, 6.45) is 2.01. The second-order valence-corrected chi connectivity index (χ2v) is 5.40. The smallest absolute Gasteiger partial charge is 0.260 e. The lowest BCUT2D eigenvalue weighted by Crippen LogP contribution is -2.45. The fourth-order valence-corrected chi connectivity index (χ4v) is 2.60. The Morgan fingerprint density at radius 3 is 2.65 bits per heavy atom. The van der Waals surface area contributed by atoms with Gasteiger partial charge in [-0.3, -0.25) is 9.48 Å². The number of likely N-dealkylation sites (N-methyl/N-ethyl adjacent to an activating group) is 1. The van der Waals surface area contributed by atoms with Crippen molar-refractivity contribution in [3.63, 3.8) is 0 Å². The van der Waals surface area contributed by atoms with E-state index in [9.17, 15) is 4.79 Å². The minimum atomic E-state index is 0.0274. The maximum atomic E-state index is 12.2. The first-order valence-electron chi connectivity index (χ1n) is 7.10. The number of rotatable bonds is 4. The summed E-state index contributed by atoms with van der Waals surface area (Å²) in [4.78, 5) is 14.0. The summed E-state index contributed by atoms with van der Waals surface area (Å²) in [5, 5.41) is 7.59. The molecule has 6 heteroatoms. The number of hydrogen-bond acceptors (Lipinski definition) is 4. The van der Waals surface area contributed by atoms with E-state index in [0.717, 1.165) is 43.1 Å². The molecule has 1 aromatic heterocycles. The lowest BCUT2D eigenvalue weighted by molar-refractivity contribution is -0.134. The second kappa shape index (κ2) is 6.26. The van der Waals surface area contributed by atoms with Crippen LogP contribution in [0.4, 0.5) is 0 Å². The summed E-state index contributed by atoms with van der Waals surface area (Å²) >= 11 is 0. The molecule has 1 amide bonds. The highest BCUT2D eigenvalue weighted by atomic mass is 16.5. The summed E-state index contributed by atoms with van der Waals surface area (Å²) in [6, 6.07) is 0.323. The molecule has 0 aliphatic carbocycles. The molecule has 0 saturated carbocycles. The van der Waals surface area contributed by atoms with E-state index < -0.39 is 0 Å². The number of aryl methyl sites for hydroxylation is 2. The Hall–Kier alpha value is -1.56. The third-order valence-corrected chi connectivity index (χ3v) is 4.03. The number of hydrogen-bond donors (Lipinski definition) is 1. The molecule has 0 bridgehead atoms. The van der Waals surface area contributed by atoms with Crippen molar-refractivity contribution in [2.24, 2.45) is 7.05 Å². The largest absolute Gasteiger partial charge is 0.480 e. The molecule has 2 rings (SSSR count). The normalized spacial score (nSPS) is 16.2. The van der Waals surface area contributed by atoms with Gasteiger partial charge in [-0.05, 0) is 39.8 Å². The maximum Gasteiger partial charge on any atom is 0.260 e. The number of piperidine rings is 1. The zero-order chi connectivity index (χ0) is 14.7. The van der Waals surface area contributed by atoms with Crippen molar-refractivity contribution in [2.45, 2.75) is 32.7 Å². The number of amides is 1. The van der Waals surface area contributed by atoms with E-state index in [2.05, 4.69) is 10.4 Å². The Morgan fingerprint density at radius 2 is 2.10 bits per heavy atom. The Kier molecular flexibility index (Phi) is 4.65. The molecule has 1 saturated heterocycles. The van der Waals surface area contributed by atoms with Crippen molar-refractivity contribution in [3.8, 4) is 5.75 Å². The van der Waals surface area contributed by atoms with Crippen LogP contribution in [0.25, 0.3) is 0 Å². The van der Waals surface area contributed by atoms with Gasteiger partial charge in [0.25, 0.3) is 5.91 Å². The second-order valence-electron chi connectivity index (χ2n) is 5.40. The summed E-state index contributed by atoms with van der Waals surface area (Å²) in [5.74, 6) is 0.749. The molecule has 0 radical (unpaired) electrons. The van der Waals surface area contributed by atoms with Gasteiger partial charge >= 0.3 is 0 Å². The zero-order valence-corrected chi connectivity index (χ0v) is 12.8. The number of nitrogens with one attached hydrogen (secondary N) is 1. The highest BCUT2D eigenvalue weighted by Crippen LogP contribution is 2.21. The molecule has 1 aliphatic rings. The number of ether oxygens (including phenoxy) is 1. The molecule has 1 fully saturated rings. The molecule has 1 aromatic rings. The number of nitrogens with zero attached hydrogens (tertiary/aromatic N) is 3. The van der Waals surface area contributed by atoms with Crippen molar-refractivity contribution in [1.29, 1.82) is 0 Å². The summed E-state index contributed by atoms with van der Waals surface area (Å²) in [5.41, 5.74) is 1.77. The van der Waals surface area contributed by atoms with Crippen molar-refractivity contribution >= 4 is 5.91 Å². The van der Waals surface area contributed by atoms with Gasteiger partial charge in [0.2, 0.25) is 0 Å². The van der Waals surface area contributed by atoms with Gasteiger partial charge in [-0.15, -0.1) is 0 Å². The quantitative estimate of drug-likeness (QED) is 0.878. The van der Waals surface area contributed by atoms with Crippen LogP contribution in [0.3, 0.4) is 0 Å². The van der Waals surface area contributed by atoms with Crippen molar-refractivity contribution in [1.82, 2.24) is 20.0 Å². The molecule has 112 valence electrons. The van der Waals surface area contributed by atoms with E-state index in [-0.39, 0.29) is 12.5 Å². The first-order chi connectivity index (χ1) is 9.50. The molecule has 0 aromatic carbocycles. The lowest BCUT2D eigenvalue weighted by atomic mass is 10.1. The fraction of sp³-hybridized carbons (Fsp3) is 0.714. The molecule has 0 spiro atoms. The monoisotopic (exact) mass is 280 g/mol. The summed E-state index contributed by atoms with van der Waals surface area (Å²) in [6.45, 7) is 5.86. The van der Waals surface area contributed by atoms with Crippen LogP contribution in [0.1, 0.15) is 24.2 Å². The maximum absolute atomic E-state index is 12.2. The predicted octanol–water partition coefficient (Wildman–Crippen LogP) is 0.626. The molecule has 0 atom stereocenters. The molecule has 2 heterocycles. The third kappa shape index (κ3) is 3.12. The summed E-state index contributed by atoms with van der Waals surface area (Å²) in [7, 11) is 3.74. The highest BCUT2D eigenvalue weighted by Gasteiger charge is 2.22. The van der Waals surface area contributed by atoms with E-state index >= 15 is 0 Å². The van der Waals surface area contributed by atoms with E-state index in [1.807, 2.05) is 32.8 Å². The average Bonchev–Trinajstić information content (AvgIpc) is 2.70. The van der Waals surface area contributed by atoms with Crippen LogP contribution >= 0.6 is 0 Å². The SMILES string of the molecule is Cc1nn(C)c(C)c1OCC(=O)N(C)C1CCNCC1. The van der Waals surface area contributed by atoms with Crippen LogP contribution in [0, 0.1) is 13.8 Å². The van der Waals surface area contributed by atoms with Crippen LogP contribution < -0.4 is 10.1 Å². The Labute approximate surface area is 120 Å². The van der Waals surface area contributed by atoms with Crippen molar-refractivity contribution in [2.75, 3.05) is 26.7 Å². The number of aromatic nitrogens is 2. The molecular formula is C14H24N4O2. The lowest BCUT2D eigenvalue weighted by Gasteiger charge is -2.31. The van der Waals surface area contributed by atoms with Crippen LogP contribution in [-0.4, -0.2) is 53.4 Å². The van der Waals surface area contributed by atoms with Crippen LogP contribution in [0.2, 0.25) is 0 Å². The molecule has 1 aliphatic heterocycles. The minimum absolute atomic E-state index is 0.0274. The topological polar surface area (TPSA) is 59.4 Å². The standard InChI is InChI=1S/C14H24N4O2/c1-10-14(11(2)18(4)16-10)20-9-13(19)17(3)12-5-7-15-8-6-12/h12,15H,5-9H2,1-4H3. The number of carbonyl (C=O) groups is 1. The van der Waals surface area contributed by atoms with Gasteiger partial charge in [-0.2, -0.15) is 5.10 Å². The van der Waals surface area contributed by atoms with Crippen LogP contribution in [0.15, 0.2) is 0 Å². The van der Waals surface area contributed by atoms with Gasteiger partial charge < -0.3 is 15.0 Å². The summed E-state index contributed by atoms with van der Waals surface area (Å²) < 4.78 is 7.44. The van der Waals surface area contributed by atoms with Gasteiger partial charge in [0, 0.05) is 20.1 Å². The van der Waals surface area contributed by atoms with Crippen LogP contribution in [-0.2, 0) is 11.8 Å².